The SMILES string of the molecule is CC1(C)OB(c2ccnc(C(=O)NCC#N)c2)OC1(C)C. The van der Waals surface area contributed by atoms with Gasteiger partial charge in [-0.3, -0.25) is 9.78 Å². The van der Waals surface area contributed by atoms with Crippen LogP contribution in [0.25, 0.3) is 0 Å². The molecule has 1 saturated heterocycles. The zero-order valence-corrected chi connectivity index (χ0v) is 12.6. The highest BCUT2D eigenvalue weighted by Gasteiger charge is 2.51. The van der Waals surface area contributed by atoms with Gasteiger partial charge in [0, 0.05) is 6.20 Å². The van der Waals surface area contributed by atoms with Crippen LogP contribution in [0.15, 0.2) is 18.3 Å². The molecule has 0 radical (unpaired) electrons. The lowest BCUT2D eigenvalue weighted by atomic mass is 9.79. The highest BCUT2D eigenvalue weighted by molar-refractivity contribution is 6.62. The lowest BCUT2D eigenvalue weighted by molar-refractivity contribution is 0.00578. The van der Waals surface area contributed by atoms with Gasteiger partial charge in [-0.15, -0.1) is 0 Å². The number of rotatable bonds is 3. The summed E-state index contributed by atoms with van der Waals surface area (Å²) < 4.78 is 11.9. The number of carbonyl (C=O) groups excluding carboxylic acids is 1. The zero-order valence-electron chi connectivity index (χ0n) is 12.6. The number of nitriles is 1. The van der Waals surface area contributed by atoms with Gasteiger partial charge in [0.1, 0.15) is 12.2 Å². The fourth-order valence-electron chi connectivity index (χ4n) is 1.91. The molecular weight excluding hydrogens is 269 g/mol. The van der Waals surface area contributed by atoms with Gasteiger partial charge in [-0.2, -0.15) is 5.26 Å². The third-order valence-electron chi connectivity index (χ3n) is 3.87. The van der Waals surface area contributed by atoms with Crippen molar-refractivity contribution in [2.24, 2.45) is 0 Å². The minimum absolute atomic E-state index is 0.0543. The second-order valence-corrected chi connectivity index (χ2v) is 5.90. The normalized spacial score (nSPS) is 19.1. The largest absolute Gasteiger partial charge is 0.494 e. The molecule has 1 aliphatic heterocycles. The molecule has 0 aromatic carbocycles. The summed E-state index contributed by atoms with van der Waals surface area (Å²) in [5.74, 6) is -0.394. The van der Waals surface area contributed by atoms with Crippen LogP contribution >= 0.6 is 0 Å². The van der Waals surface area contributed by atoms with E-state index >= 15 is 0 Å². The molecule has 1 amide bonds. The average molecular weight is 287 g/mol. The maximum atomic E-state index is 11.8. The Labute approximate surface area is 124 Å². The third kappa shape index (κ3) is 3.07. The molecule has 110 valence electrons. The number of amides is 1. The molecule has 0 saturated carbocycles. The quantitative estimate of drug-likeness (QED) is 0.651. The highest BCUT2D eigenvalue weighted by Crippen LogP contribution is 2.36. The van der Waals surface area contributed by atoms with Crippen molar-refractivity contribution in [1.29, 1.82) is 5.26 Å². The molecule has 0 unspecified atom stereocenters. The molecule has 1 aromatic heterocycles. The molecule has 21 heavy (non-hydrogen) atoms. The average Bonchev–Trinajstić information content (AvgIpc) is 2.65. The van der Waals surface area contributed by atoms with Gasteiger partial charge in [0.05, 0.1) is 17.3 Å². The van der Waals surface area contributed by atoms with Crippen LogP contribution in [-0.2, 0) is 9.31 Å². The van der Waals surface area contributed by atoms with Gasteiger partial charge in [-0.25, -0.2) is 0 Å². The summed E-state index contributed by atoms with van der Waals surface area (Å²) in [7, 11) is -0.541. The van der Waals surface area contributed by atoms with Gasteiger partial charge in [-0.1, -0.05) is 0 Å². The Morgan fingerprint density at radius 3 is 2.57 bits per heavy atom. The van der Waals surface area contributed by atoms with Crippen molar-refractivity contribution in [3.05, 3.63) is 24.0 Å². The number of nitrogens with one attached hydrogen (secondary N) is 1. The summed E-state index contributed by atoms with van der Waals surface area (Å²) >= 11 is 0. The van der Waals surface area contributed by atoms with Crippen LogP contribution in [0.3, 0.4) is 0 Å². The van der Waals surface area contributed by atoms with Crippen LogP contribution in [-0.4, -0.2) is 35.8 Å². The molecule has 0 bridgehead atoms. The predicted molar refractivity (Wildman–Crippen MR) is 77.9 cm³/mol. The van der Waals surface area contributed by atoms with Crippen LogP contribution in [0.5, 0.6) is 0 Å². The summed E-state index contributed by atoms with van der Waals surface area (Å²) in [5, 5.41) is 10.9. The maximum Gasteiger partial charge on any atom is 0.494 e. The second-order valence-electron chi connectivity index (χ2n) is 5.90. The third-order valence-corrected chi connectivity index (χ3v) is 3.87. The first kappa shape index (κ1) is 15.5. The van der Waals surface area contributed by atoms with Crippen molar-refractivity contribution in [1.82, 2.24) is 10.3 Å². The van der Waals surface area contributed by atoms with E-state index in [1.807, 2.05) is 33.8 Å². The summed E-state index contributed by atoms with van der Waals surface area (Å²) in [6.45, 7) is 7.81. The van der Waals surface area contributed by atoms with Gasteiger partial charge < -0.3 is 14.6 Å². The zero-order chi connectivity index (χ0) is 15.7. The van der Waals surface area contributed by atoms with Crippen molar-refractivity contribution >= 4 is 18.5 Å². The Morgan fingerprint density at radius 1 is 1.38 bits per heavy atom. The van der Waals surface area contributed by atoms with Gasteiger partial charge >= 0.3 is 7.12 Å². The molecule has 1 N–H and O–H groups in total. The van der Waals surface area contributed by atoms with Crippen LogP contribution in [0.4, 0.5) is 0 Å². The lowest BCUT2D eigenvalue weighted by Crippen LogP contribution is -2.41. The number of carbonyl (C=O) groups is 1. The number of pyridine rings is 1. The smallest absolute Gasteiger partial charge is 0.399 e. The first-order valence-electron chi connectivity index (χ1n) is 6.73. The van der Waals surface area contributed by atoms with Crippen molar-refractivity contribution < 1.29 is 14.1 Å². The van der Waals surface area contributed by atoms with Crippen LogP contribution in [0.1, 0.15) is 38.2 Å². The number of aromatic nitrogens is 1. The first-order chi connectivity index (χ1) is 9.77. The minimum Gasteiger partial charge on any atom is -0.399 e. The Kier molecular flexibility index (Phi) is 4.03. The van der Waals surface area contributed by atoms with E-state index in [0.717, 1.165) is 5.46 Å². The van der Waals surface area contributed by atoms with E-state index < -0.39 is 24.2 Å². The molecule has 7 heteroatoms. The molecule has 0 aliphatic carbocycles. The molecule has 1 aliphatic rings. The van der Waals surface area contributed by atoms with Crippen LogP contribution in [0, 0.1) is 11.3 Å². The predicted octanol–water partition coefficient (Wildman–Crippen LogP) is 0.634. The Bertz CT molecular complexity index is 579. The van der Waals surface area contributed by atoms with E-state index in [0.29, 0.717) is 0 Å². The Morgan fingerprint density at radius 2 is 2.00 bits per heavy atom. The summed E-state index contributed by atoms with van der Waals surface area (Å²) in [4.78, 5) is 15.8. The molecule has 0 atom stereocenters. The lowest BCUT2D eigenvalue weighted by Gasteiger charge is -2.32. The monoisotopic (exact) mass is 287 g/mol. The second kappa shape index (κ2) is 5.47. The molecule has 2 heterocycles. The number of hydrogen-bond acceptors (Lipinski definition) is 5. The summed E-state index contributed by atoms with van der Waals surface area (Å²) in [5.41, 5.74) is 0.0807. The molecule has 0 spiro atoms. The highest BCUT2D eigenvalue weighted by atomic mass is 16.7. The van der Waals surface area contributed by atoms with E-state index in [1.54, 1.807) is 12.1 Å². The Hall–Kier alpha value is -1.91. The van der Waals surface area contributed by atoms with Crippen molar-refractivity contribution in [2.45, 2.75) is 38.9 Å². The minimum atomic E-state index is -0.541. The molecule has 6 nitrogen and oxygen atoms in total. The van der Waals surface area contributed by atoms with E-state index in [2.05, 4.69) is 10.3 Å². The van der Waals surface area contributed by atoms with Crippen LogP contribution < -0.4 is 10.8 Å². The Balaban J connectivity index is 2.20. The van der Waals surface area contributed by atoms with Gasteiger partial charge in [0.2, 0.25) is 0 Å². The van der Waals surface area contributed by atoms with Crippen molar-refractivity contribution in [2.75, 3.05) is 6.54 Å². The van der Waals surface area contributed by atoms with E-state index in [9.17, 15) is 4.79 Å². The molecular formula is C14H18BN3O3. The molecule has 1 aromatic rings. The van der Waals surface area contributed by atoms with Gasteiger partial charge in [-0.05, 0) is 45.3 Å². The van der Waals surface area contributed by atoms with Crippen LogP contribution in [0.2, 0.25) is 0 Å². The number of nitrogens with zero attached hydrogens (tertiary/aromatic N) is 2. The summed E-state index contributed by atoms with van der Waals surface area (Å²) in [6, 6.07) is 5.22. The van der Waals surface area contributed by atoms with Gasteiger partial charge in [0.15, 0.2) is 0 Å². The topological polar surface area (TPSA) is 84.2 Å². The van der Waals surface area contributed by atoms with E-state index in [-0.39, 0.29) is 12.2 Å². The first-order valence-corrected chi connectivity index (χ1v) is 6.73. The van der Waals surface area contributed by atoms with Crippen molar-refractivity contribution in [3.8, 4) is 6.07 Å². The standard InChI is InChI=1S/C14H18BN3O3/c1-13(2)14(3,4)21-15(20-13)10-5-7-17-11(9-10)12(19)18-8-6-16/h5,7,9H,8H2,1-4H3,(H,18,19). The maximum absolute atomic E-state index is 11.8. The van der Waals surface area contributed by atoms with Gasteiger partial charge in [0.25, 0.3) is 5.91 Å². The fourth-order valence-corrected chi connectivity index (χ4v) is 1.91. The van der Waals surface area contributed by atoms with E-state index in [1.165, 1.54) is 6.20 Å². The number of hydrogen-bond donors (Lipinski definition) is 1. The fraction of sp³-hybridized carbons (Fsp3) is 0.500. The van der Waals surface area contributed by atoms with E-state index in [4.69, 9.17) is 14.6 Å². The summed E-state index contributed by atoms with van der Waals surface area (Å²) in [6.07, 6.45) is 1.53. The molecule has 2 rings (SSSR count). The van der Waals surface area contributed by atoms with Crippen molar-refractivity contribution in [3.63, 3.8) is 0 Å². The molecule has 1 fully saturated rings.